The molecule has 5 nitrogen and oxygen atoms in total. The van der Waals surface area contributed by atoms with Crippen molar-refractivity contribution in [1.29, 1.82) is 0 Å². The molecule has 1 aliphatic rings. The van der Waals surface area contributed by atoms with E-state index in [0.717, 1.165) is 31.2 Å². The Hall–Kier alpha value is -1.75. The predicted molar refractivity (Wildman–Crippen MR) is 82.8 cm³/mol. The molecule has 0 radical (unpaired) electrons. The number of urea groups is 1. The van der Waals surface area contributed by atoms with Crippen LogP contribution < -0.4 is 10.1 Å². The summed E-state index contributed by atoms with van der Waals surface area (Å²) in [5.41, 5.74) is 1.78. The van der Waals surface area contributed by atoms with Crippen molar-refractivity contribution in [3.05, 3.63) is 23.8 Å². The van der Waals surface area contributed by atoms with Crippen molar-refractivity contribution in [2.24, 2.45) is 0 Å². The van der Waals surface area contributed by atoms with Gasteiger partial charge in [0.05, 0.1) is 12.8 Å². The van der Waals surface area contributed by atoms with E-state index in [1.54, 1.807) is 7.11 Å². The van der Waals surface area contributed by atoms with Crippen LogP contribution in [-0.2, 0) is 0 Å². The van der Waals surface area contributed by atoms with Gasteiger partial charge >= 0.3 is 6.03 Å². The predicted octanol–water partition coefficient (Wildman–Crippen LogP) is 2.77. The third-order valence-electron chi connectivity index (χ3n) is 3.65. The van der Waals surface area contributed by atoms with Gasteiger partial charge in [0.15, 0.2) is 0 Å². The standard InChI is InChI=1S/C16H24N2O3/c1-12-5-8-15(21-2)14(11-12)17-16(20)18(13-6-7-13)9-3-4-10-19/h5,8,11,13,19H,3-4,6-7,9-10H2,1-2H3,(H,17,20). The number of carbonyl (C=O) groups excluding carboxylic acids is 1. The number of unbranched alkanes of at least 4 members (excludes halogenated alkanes) is 1. The zero-order valence-corrected chi connectivity index (χ0v) is 12.8. The molecule has 2 rings (SSSR count). The van der Waals surface area contributed by atoms with Gasteiger partial charge in [-0.3, -0.25) is 0 Å². The smallest absolute Gasteiger partial charge is 0.322 e. The van der Waals surface area contributed by atoms with Gasteiger partial charge in [-0.1, -0.05) is 6.07 Å². The molecule has 5 heteroatoms. The van der Waals surface area contributed by atoms with Crippen molar-refractivity contribution < 1.29 is 14.6 Å². The lowest BCUT2D eigenvalue weighted by Gasteiger charge is -2.23. The maximum absolute atomic E-state index is 12.5. The highest BCUT2D eigenvalue weighted by molar-refractivity contribution is 5.91. The summed E-state index contributed by atoms with van der Waals surface area (Å²) in [6.07, 6.45) is 3.69. The van der Waals surface area contributed by atoms with E-state index in [4.69, 9.17) is 9.84 Å². The molecule has 1 fully saturated rings. The fourth-order valence-electron chi connectivity index (χ4n) is 2.34. The number of aliphatic hydroxyl groups excluding tert-OH is 1. The lowest BCUT2D eigenvalue weighted by atomic mass is 10.2. The van der Waals surface area contributed by atoms with E-state index in [-0.39, 0.29) is 12.6 Å². The van der Waals surface area contributed by atoms with Crippen LogP contribution in [0.3, 0.4) is 0 Å². The summed E-state index contributed by atoms with van der Waals surface area (Å²) in [4.78, 5) is 14.3. The van der Waals surface area contributed by atoms with Crippen LogP contribution >= 0.6 is 0 Å². The van der Waals surface area contributed by atoms with Crippen LogP contribution in [0.4, 0.5) is 10.5 Å². The van der Waals surface area contributed by atoms with E-state index < -0.39 is 0 Å². The van der Waals surface area contributed by atoms with Gasteiger partial charge in [-0.05, 0) is 50.3 Å². The first-order valence-corrected chi connectivity index (χ1v) is 7.49. The van der Waals surface area contributed by atoms with Gasteiger partial charge < -0.3 is 20.1 Å². The van der Waals surface area contributed by atoms with E-state index >= 15 is 0 Å². The molecule has 0 unspecified atom stereocenters. The van der Waals surface area contributed by atoms with Gasteiger partial charge in [0, 0.05) is 19.2 Å². The van der Waals surface area contributed by atoms with E-state index in [1.807, 2.05) is 30.0 Å². The molecule has 116 valence electrons. The van der Waals surface area contributed by atoms with Crippen molar-refractivity contribution in [2.75, 3.05) is 25.6 Å². The first-order valence-electron chi connectivity index (χ1n) is 7.49. The minimum absolute atomic E-state index is 0.0839. The molecule has 0 heterocycles. The number of anilines is 1. The molecule has 1 aliphatic carbocycles. The molecule has 1 saturated carbocycles. The maximum atomic E-state index is 12.5. The van der Waals surface area contributed by atoms with Crippen LogP contribution in [-0.4, -0.2) is 42.3 Å². The molecule has 0 bridgehead atoms. The molecule has 0 spiro atoms. The summed E-state index contributed by atoms with van der Waals surface area (Å²) in [7, 11) is 1.60. The summed E-state index contributed by atoms with van der Waals surface area (Å²) >= 11 is 0. The number of nitrogens with one attached hydrogen (secondary N) is 1. The zero-order chi connectivity index (χ0) is 15.2. The minimum Gasteiger partial charge on any atom is -0.495 e. The normalized spacial score (nSPS) is 13.9. The third-order valence-corrected chi connectivity index (χ3v) is 3.65. The van der Waals surface area contributed by atoms with Crippen molar-refractivity contribution in [3.63, 3.8) is 0 Å². The summed E-state index contributed by atoms with van der Waals surface area (Å²) < 4.78 is 5.29. The van der Waals surface area contributed by atoms with Crippen LogP contribution in [0.2, 0.25) is 0 Å². The Morgan fingerprint density at radius 2 is 2.19 bits per heavy atom. The second kappa shape index (κ2) is 7.31. The summed E-state index contributed by atoms with van der Waals surface area (Å²) in [5, 5.41) is 11.8. The number of hydrogen-bond acceptors (Lipinski definition) is 3. The molecule has 0 atom stereocenters. The summed E-state index contributed by atoms with van der Waals surface area (Å²) in [6, 6.07) is 5.99. The number of aliphatic hydroxyl groups is 1. The van der Waals surface area contributed by atoms with Gasteiger partial charge in [0.2, 0.25) is 0 Å². The van der Waals surface area contributed by atoms with Crippen LogP contribution in [0.25, 0.3) is 0 Å². The molecular weight excluding hydrogens is 268 g/mol. The topological polar surface area (TPSA) is 61.8 Å². The van der Waals surface area contributed by atoms with Crippen LogP contribution in [0, 0.1) is 6.92 Å². The van der Waals surface area contributed by atoms with Gasteiger partial charge in [-0.15, -0.1) is 0 Å². The largest absolute Gasteiger partial charge is 0.495 e. The second-order valence-corrected chi connectivity index (χ2v) is 5.49. The van der Waals surface area contributed by atoms with Gasteiger partial charge in [-0.2, -0.15) is 0 Å². The van der Waals surface area contributed by atoms with E-state index in [1.165, 1.54) is 0 Å². The van der Waals surface area contributed by atoms with E-state index in [9.17, 15) is 4.79 Å². The zero-order valence-electron chi connectivity index (χ0n) is 12.8. The Morgan fingerprint density at radius 3 is 2.81 bits per heavy atom. The molecule has 2 amide bonds. The molecule has 0 saturated heterocycles. The average Bonchev–Trinajstić information content (AvgIpc) is 3.28. The minimum atomic E-state index is -0.0839. The second-order valence-electron chi connectivity index (χ2n) is 5.49. The van der Waals surface area contributed by atoms with Crippen LogP contribution in [0.15, 0.2) is 18.2 Å². The molecule has 1 aromatic rings. The molecule has 0 aromatic heterocycles. The fraction of sp³-hybridized carbons (Fsp3) is 0.562. The van der Waals surface area contributed by atoms with Crippen LogP contribution in [0.1, 0.15) is 31.2 Å². The van der Waals surface area contributed by atoms with E-state index in [2.05, 4.69) is 5.32 Å². The third kappa shape index (κ3) is 4.36. The number of hydrogen-bond donors (Lipinski definition) is 2. The Morgan fingerprint density at radius 1 is 1.43 bits per heavy atom. The molecule has 2 N–H and O–H groups in total. The lowest BCUT2D eigenvalue weighted by molar-refractivity contribution is 0.204. The quantitative estimate of drug-likeness (QED) is 0.760. The van der Waals surface area contributed by atoms with Crippen molar-refractivity contribution >= 4 is 11.7 Å². The number of amides is 2. The summed E-state index contributed by atoms with van der Waals surface area (Å²) in [5.74, 6) is 0.667. The number of ether oxygens (including phenoxy) is 1. The average molecular weight is 292 g/mol. The van der Waals surface area contributed by atoms with Crippen LogP contribution in [0.5, 0.6) is 5.75 Å². The number of aryl methyl sites for hydroxylation is 1. The highest BCUT2D eigenvalue weighted by Crippen LogP contribution is 2.30. The monoisotopic (exact) mass is 292 g/mol. The highest BCUT2D eigenvalue weighted by atomic mass is 16.5. The Balaban J connectivity index is 2.02. The fourth-order valence-corrected chi connectivity index (χ4v) is 2.34. The first-order chi connectivity index (χ1) is 10.2. The Bertz CT molecular complexity index is 486. The van der Waals surface area contributed by atoms with Crippen molar-refractivity contribution in [2.45, 2.75) is 38.6 Å². The number of benzene rings is 1. The number of methoxy groups -OCH3 is 1. The Labute approximate surface area is 125 Å². The van der Waals surface area contributed by atoms with E-state index in [0.29, 0.717) is 24.0 Å². The van der Waals surface area contributed by atoms with Crippen molar-refractivity contribution in [1.82, 2.24) is 4.90 Å². The van der Waals surface area contributed by atoms with Crippen molar-refractivity contribution in [3.8, 4) is 5.75 Å². The lowest BCUT2D eigenvalue weighted by Crippen LogP contribution is -2.37. The Kier molecular flexibility index (Phi) is 5.44. The number of rotatable bonds is 7. The number of nitrogens with zero attached hydrogens (tertiary/aromatic N) is 1. The molecule has 0 aliphatic heterocycles. The maximum Gasteiger partial charge on any atom is 0.322 e. The molecule has 1 aromatic carbocycles. The van der Waals surface area contributed by atoms with Gasteiger partial charge in [0.1, 0.15) is 5.75 Å². The van der Waals surface area contributed by atoms with Gasteiger partial charge in [-0.25, -0.2) is 4.79 Å². The highest BCUT2D eigenvalue weighted by Gasteiger charge is 2.32. The molecular formula is C16H24N2O3. The summed E-state index contributed by atoms with van der Waals surface area (Å²) in [6.45, 7) is 2.84. The SMILES string of the molecule is COc1ccc(C)cc1NC(=O)N(CCCCO)C1CC1. The number of carbonyl (C=O) groups is 1. The van der Waals surface area contributed by atoms with Gasteiger partial charge in [0.25, 0.3) is 0 Å². The molecule has 21 heavy (non-hydrogen) atoms. The first kappa shape index (κ1) is 15.6.